The van der Waals surface area contributed by atoms with Gasteiger partial charge in [-0.1, -0.05) is 39.0 Å². The Bertz CT molecular complexity index is 1060. The molecule has 3 rings (SSSR count). The van der Waals surface area contributed by atoms with Crippen LogP contribution < -0.4 is 10.2 Å². The van der Waals surface area contributed by atoms with Crippen LogP contribution >= 0.6 is 0 Å². The molecule has 0 spiro atoms. The van der Waals surface area contributed by atoms with Crippen molar-refractivity contribution in [2.45, 2.75) is 54.1 Å². The fourth-order valence-corrected chi connectivity index (χ4v) is 4.99. The lowest BCUT2D eigenvalue weighted by Crippen LogP contribution is -2.43. The van der Waals surface area contributed by atoms with Crippen LogP contribution in [0.5, 0.6) is 0 Å². The lowest BCUT2D eigenvalue weighted by atomic mass is 9.72. The number of rotatable bonds is 5. The number of carbonyl (C=O) groups excluding carboxylic acids is 2. The number of hydrogen-bond acceptors (Lipinski definition) is 2. The number of nitrogens with one attached hydrogen (secondary N) is 1. The number of aryl methyl sites for hydroxylation is 3. The summed E-state index contributed by atoms with van der Waals surface area (Å²) in [6, 6.07) is 9.27. The first-order valence-electron chi connectivity index (χ1n) is 11.1. The summed E-state index contributed by atoms with van der Waals surface area (Å²) in [5.74, 6) is -1.09. The van der Waals surface area contributed by atoms with Gasteiger partial charge in [-0.2, -0.15) is 13.2 Å². The van der Waals surface area contributed by atoms with Gasteiger partial charge in [-0.25, -0.2) is 0 Å². The first-order chi connectivity index (χ1) is 15.3. The SMILES string of the molecule is Cc1cc(NC(=O)[C@]2(CC(C)C)CN(c3c(C)cccc3C)C(=O)[C@H]2C)cc(C(F)(F)F)c1. The topological polar surface area (TPSA) is 49.4 Å². The molecule has 7 heteroatoms. The molecule has 0 bridgehead atoms. The van der Waals surface area contributed by atoms with E-state index in [-0.39, 0.29) is 24.1 Å². The van der Waals surface area contributed by atoms with E-state index in [4.69, 9.17) is 0 Å². The fraction of sp³-hybridized carbons (Fsp3) is 0.462. The molecule has 0 saturated carbocycles. The van der Waals surface area contributed by atoms with Gasteiger partial charge < -0.3 is 10.2 Å². The van der Waals surface area contributed by atoms with Gasteiger partial charge in [0.05, 0.1) is 16.9 Å². The standard InChI is InChI=1S/C26H31F3N2O2/c1-15(2)13-25(24(33)30-21-11-16(3)10-20(12-21)26(27,28)29)14-31(23(32)19(25)6)22-17(4)8-7-9-18(22)5/h7-12,15,19H,13-14H2,1-6H3,(H,30,33)/t19-,25-/m1/s1. The van der Waals surface area contributed by atoms with E-state index in [1.807, 2.05) is 45.9 Å². The third-order valence-corrected chi connectivity index (χ3v) is 6.50. The molecule has 0 radical (unpaired) electrons. The van der Waals surface area contributed by atoms with Gasteiger partial charge in [-0.15, -0.1) is 0 Å². The number of hydrogen-bond donors (Lipinski definition) is 1. The molecular weight excluding hydrogens is 429 g/mol. The number of benzene rings is 2. The summed E-state index contributed by atoms with van der Waals surface area (Å²) in [5.41, 5.74) is 1.26. The van der Waals surface area contributed by atoms with Crippen molar-refractivity contribution < 1.29 is 22.8 Å². The highest BCUT2D eigenvalue weighted by Gasteiger charge is 2.55. The molecule has 178 valence electrons. The van der Waals surface area contributed by atoms with Gasteiger partial charge in [0.15, 0.2) is 0 Å². The number of para-hydroxylation sites is 1. The third kappa shape index (κ3) is 4.77. The maximum absolute atomic E-state index is 13.7. The molecule has 1 N–H and O–H groups in total. The van der Waals surface area contributed by atoms with Crippen LogP contribution in [0.1, 0.15) is 49.4 Å². The molecule has 1 heterocycles. The van der Waals surface area contributed by atoms with Gasteiger partial charge in [0.25, 0.3) is 0 Å². The largest absolute Gasteiger partial charge is 0.416 e. The molecule has 2 aromatic carbocycles. The lowest BCUT2D eigenvalue weighted by molar-refractivity contribution is -0.137. The van der Waals surface area contributed by atoms with E-state index in [0.29, 0.717) is 12.0 Å². The van der Waals surface area contributed by atoms with Crippen LogP contribution in [0, 0.1) is 38.0 Å². The average Bonchev–Trinajstić information content (AvgIpc) is 2.92. The molecule has 2 amide bonds. The molecule has 0 aromatic heterocycles. The zero-order valence-corrected chi connectivity index (χ0v) is 19.9. The quantitative estimate of drug-likeness (QED) is 0.571. The smallest absolute Gasteiger partial charge is 0.326 e. The van der Waals surface area contributed by atoms with Crippen molar-refractivity contribution in [2.24, 2.45) is 17.3 Å². The maximum atomic E-state index is 13.7. The van der Waals surface area contributed by atoms with E-state index in [1.165, 1.54) is 6.07 Å². The van der Waals surface area contributed by atoms with E-state index in [2.05, 4.69) is 5.32 Å². The van der Waals surface area contributed by atoms with Crippen LogP contribution in [-0.2, 0) is 15.8 Å². The number of amides is 2. The normalized spacial score (nSPS) is 21.1. The summed E-state index contributed by atoms with van der Waals surface area (Å²) in [7, 11) is 0. The summed E-state index contributed by atoms with van der Waals surface area (Å²) in [4.78, 5) is 28.8. The summed E-state index contributed by atoms with van der Waals surface area (Å²) >= 11 is 0. The van der Waals surface area contributed by atoms with Crippen molar-refractivity contribution in [3.63, 3.8) is 0 Å². The van der Waals surface area contributed by atoms with Crippen LogP contribution in [0.3, 0.4) is 0 Å². The first-order valence-corrected chi connectivity index (χ1v) is 11.1. The van der Waals surface area contributed by atoms with Crippen LogP contribution in [0.2, 0.25) is 0 Å². The van der Waals surface area contributed by atoms with Crippen molar-refractivity contribution in [3.05, 3.63) is 58.7 Å². The van der Waals surface area contributed by atoms with Gasteiger partial charge in [0.2, 0.25) is 11.8 Å². The molecule has 2 aromatic rings. The summed E-state index contributed by atoms with van der Waals surface area (Å²) in [5, 5.41) is 2.72. The second-order valence-corrected chi connectivity index (χ2v) is 9.68. The summed E-state index contributed by atoms with van der Waals surface area (Å²) in [6.45, 7) is 11.3. The van der Waals surface area contributed by atoms with E-state index < -0.39 is 29.0 Å². The highest BCUT2D eigenvalue weighted by molar-refractivity contribution is 6.07. The first kappa shape index (κ1) is 24.8. The number of nitrogens with zero attached hydrogens (tertiary/aromatic N) is 1. The van der Waals surface area contributed by atoms with E-state index in [1.54, 1.807) is 18.7 Å². The molecule has 4 nitrogen and oxygen atoms in total. The van der Waals surface area contributed by atoms with E-state index in [9.17, 15) is 22.8 Å². The Kier molecular flexibility index (Phi) is 6.65. The van der Waals surface area contributed by atoms with Crippen molar-refractivity contribution in [3.8, 4) is 0 Å². The van der Waals surface area contributed by atoms with Gasteiger partial charge in [-0.3, -0.25) is 9.59 Å². The molecule has 1 aliphatic rings. The Morgan fingerprint density at radius 1 is 1.15 bits per heavy atom. The van der Waals surface area contributed by atoms with Gasteiger partial charge in [0, 0.05) is 17.9 Å². The van der Waals surface area contributed by atoms with Gasteiger partial charge >= 0.3 is 6.18 Å². The molecule has 0 aliphatic carbocycles. The molecular formula is C26H31F3N2O2. The predicted octanol–water partition coefficient (Wildman–Crippen LogP) is 6.28. The highest BCUT2D eigenvalue weighted by Crippen LogP contribution is 2.46. The van der Waals surface area contributed by atoms with Crippen LogP contribution in [-0.4, -0.2) is 18.4 Å². The fourth-order valence-electron chi connectivity index (χ4n) is 4.99. The highest BCUT2D eigenvalue weighted by atomic mass is 19.4. The van der Waals surface area contributed by atoms with Gasteiger partial charge in [-0.05, 0) is 68.0 Å². The zero-order valence-electron chi connectivity index (χ0n) is 19.9. The minimum Gasteiger partial charge on any atom is -0.326 e. The van der Waals surface area contributed by atoms with E-state index >= 15 is 0 Å². The van der Waals surface area contributed by atoms with Crippen molar-refractivity contribution in [1.29, 1.82) is 0 Å². The Morgan fingerprint density at radius 2 is 1.76 bits per heavy atom. The predicted molar refractivity (Wildman–Crippen MR) is 124 cm³/mol. The maximum Gasteiger partial charge on any atom is 0.416 e. The molecule has 1 aliphatic heterocycles. The monoisotopic (exact) mass is 460 g/mol. The minimum atomic E-state index is -4.52. The zero-order chi connectivity index (χ0) is 24.7. The number of halogens is 3. The van der Waals surface area contributed by atoms with Crippen molar-refractivity contribution >= 4 is 23.2 Å². The van der Waals surface area contributed by atoms with Gasteiger partial charge in [0.1, 0.15) is 0 Å². The molecule has 1 saturated heterocycles. The lowest BCUT2D eigenvalue weighted by Gasteiger charge is -2.32. The Balaban J connectivity index is 2.02. The van der Waals surface area contributed by atoms with E-state index in [0.717, 1.165) is 28.9 Å². The van der Waals surface area contributed by atoms with Crippen molar-refractivity contribution in [2.75, 3.05) is 16.8 Å². The second kappa shape index (κ2) is 8.84. The molecule has 2 atom stereocenters. The minimum absolute atomic E-state index is 0.0839. The molecule has 1 fully saturated rings. The van der Waals surface area contributed by atoms with Crippen LogP contribution in [0.4, 0.5) is 24.5 Å². The number of anilines is 2. The second-order valence-electron chi connectivity index (χ2n) is 9.68. The van der Waals surface area contributed by atoms with Crippen LogP contribution in [0.25, 0.3) is 0 Å². The average molecular weight is 461 g/mol. The van der Waals surface area contributed by atoms with Crippen molar-refractivity contribution in [1.82, 2.24) is 0 Å². The molecule has 33 heavy (non-hydrogen) atoms. The Labute approximate surface area is 193 Å². The number of alkyl halides is 3. The Hall–Kier alpha value is -2.83. The number of carbonyl (C=O) groups is 2. The Morgan fingerprint density at radius 3 is 2.30 bits per heavy atom. The summed E-state index contributed by atoms with van der Waals surface area (Å²) in [6.07, 6.45) is -4.08. The third-order valence-electron chi connectivity index (χ3n) is 6.50. The van der Waals surface area contributed by atoms with Crippen LogP contribution in [0.15, 0.2) is 36.4 Å². The molecule has 0 unspecified atom stereocenters. The summed E-state index contributed by atoms with van der Waals surface area (Å²) < 4.78 is 39.9.